The van der Waals surface area contributed by atoms with Gasteiger partial charge in [-0.25, -0.2) is 4.98 Å². The highest BCUT2D eigenvalue weighted by Gasteiger charge is 2.13. The van der Waals surface area contributed by atoms with Gasteiger partial charge in [-0.05, 0) is 39.0 Å². The average Bonchev–Trinajstić information content (AvgIpc) is 3.32. The summed E-state index contributed by atoms with van der Waals surface area (Å²) in [5.41, 5.74) is 4.43. The van der Waals surface area contributed by atoms with Gasteiger partial charge in [0.2, 0.25) is 5.91 Å². The van der Waals surface area contributed by atoms with Gasteiger partial charge in [0, 0.05) is 23.1 Å². The van der Waals surface area contributed by atoms with Gasteiger partial charge in [-0.15, -0.1) is 11.3 Å². The number of hydrogen-bond acceptors (Lipinski definition) is 8. The summed E-state index contributed by atoms with van der Waals surface area (Å²) < 4.78 is 12.3. The minimum Gasteiger partial charge on any atom is -0.361 e. The summed E-state index contributed by atoms with van der Waals surface area (Å²) in [4.78, 5) is 16.9. The number of fused-ring (bicyclic) bond motifs is 1. The van der Waals surface area contributed by atoms with E-state index in [4.69, 9.17) is 9.05 Å². The minimum atomic E-state index is -0.145. The van der Waals surface area contributed by atoms with E-state index in [1.54, 1.807) is 29.2 Å². The molecule has 0 aliphatic carbocycles. The third kappa shape index (κ3) is 4.10. The molecule has 28 heavy (non-hydrogen) atoms. The molecule has 3 aromatic heterocycles. The summed E-state index contributed by atoms with van der Waals surface area (Å²) in [5, 5.41) is 10.7. The molecule has 0 spiro atoms. The number of nitrogens with zero attached hydrogens (tertiary/aromatic N) is 3. The summed E-state index contributed by atoms with van der Waals surface area (Å²) >= 11 is 3.26. The van der Waals surface area contributed by atoms with Crippen molar-refractivity contribution < 1.29 is 13.8 Å². The molecule has 0 atom stereocenters. The fourth-order valence-electron chi connectivity index (χ4n) is 2.75. The van der Waals surface area contributed by atoms with Crippen molar-refractivity contribution in [2.45, 2.75) is 37.3 Å². The maximum atomic E-state index is 12.2. The first-order valence-corrected chi connectivity index (χ1v) is 10.5. The van der Waals surface area contributed by atoms with Crippen LogP contribution in [0.1, 0.15) is 28.5 Å². The van der Waals surface area contributed by atoms with E-state index in [2.05, 4.69) is 20.6 Å². The number of aromatic nitrogens is 3. The Hall–Kier alpha value is -2.65. The topological polar surface area (TPSA) is 94.1 Å². The lowest BCUT2D eigenvalue weighted by Crippen LogP contribution is -2.13. The molecule has 0 saturated carbocycles. The fraction of sp³-hybridized carbons (Fsp3) is 0.263. The summed E-state index contributed by atoms with van der Waals surface area (Å²) in [6, 6.07) is 7.47. The van der Waals surface area contributed by atoms with Crippen LogP contribution in [0, 0.1) is 20.8 Å². The molecule has 0 bridgehead atoms. The van der Waals surface area contributed by atoms with Crippen molar-refractivity contribution in [2.75, 3.05) is 5.32 Å². The van der Waals surface area contributed by atoms with Crippen LogP contribution in [0.5, 0.6) is 0 Å². The van der Waals surface area contributed by atoms with Crippen LogP contribution in [0.25, 0.3) is 10.2 Å². The molecule has 0 saturated heterocycles. The van der Waals surface area contributed by atoms with Gasteiger partial charge in [0.1, 0.15) is 11.5 Å². The maximum Gasteiger partial charge on any atom is 0.232 e. The zero-order chi connectivity index (χ0) is 19.7. The number of nitrogens with one attached hydrogen (secondary N) is 1. The molecule has 4 aromatic rings. The molecule has 4 rings (SSSR count). The largest absolute Gasteiger partial charge is 0.361 e. The van der Waals surface area contributed by atoms with Crippen molar-refractivity contribution in [1.29, 1.82) is 0 Å². The van der Waals surface area contributed by atoms with Gasteiger partial charge in [0.25, 0.3) is 0 Å². The van der Waals surface area contributed by atoms with Crippen molar-refractivity contribution in [3.63, 3.8) is 0 Å². The first-order chi connectivity index (χ1) is 13.5. The Labute approximate surface area is 169 Å². The molecule has 1 N–H and O–H groups in total. The number of hydrogen-bond donors (Lipinski definition) is 1. The first kappa shape index (κ1) is 18.7. The smallest absolute Gasteiger partial charge is 0.232 e. The van der Waals surface area contributed by atoms with Crippen LogP contribution in [0.3, 0.4) is 0 Å². The fourth-order valence-corrected chi connectivity index (χ4v) is 5.01. The highest BCUT2D eigenvalue weighted by molar-refractivity contribution is 8.00. The lowest BCUT2D eigenvalue weighted by molar-refractivity contribution is -0.115. The predicted molar refractivity (Wildman–Crippen MR) is 109 cm³/mol. The van der Waals surface area contributed by atoms with Crippen molar-refractivity contribution in [3.8, 4) is 0 Å². The van der Waals surface area contributed by atoms with Crippen molar-refractivity contribution in [2.24, 2.45) is 0 Å². The molecule has 7 nitrogen and oxygen atoms in total. The Bertz CT molecular complexity index is 1130. The number of thioether (sulfide) groups is 1. The normalized spacial score (nSPS) is 11.2. The molecule has 0 aliphatic rings. The zero-order valence-electron chi connectivity index (χ0n) is 15.6. The number of thiazole rings is 1. The van der Waals surface area contributed by atoms with Gasteiger partial charge < -0.3 is 14.4 Å². The molecule has 9 heteroatoms. The number of aryl methyl sites for hydroxylation is 3. The SMILES string of the molecule is Cc1cc(CC(=O)Nc2ccc3nc(SCc4c(C)noc4C)sc3c2)on1. The zero-order valence-corrected chi connectivity index (χ0v) is 17.2. The van der Waals surface area contributed by atoms with Gasteiger partial charge in [0.15, 0.2) is 4.34 Å². The Balaban J connectivity index is 1.43. The average molecular weight is 415 g/mol. The van der Waals surface area contributed by atoms with E-state index in [1.807, 2.05) is 39.0 Å². The van der Waals surface area contributed by atoms with Gasteiger partial charge in [0.05, 0.1) is 28.0 Å². The summed E-state index contributed by atoms with van der Waals surface area (Å²) in [6.07, 6.45) is 0.153. The summed E-state index contributed by atoms with van der Waals surface area (Å²) in [6.45, 7) is 5.69. The third-order valence-electron chi connectivity index (χ3n) is 4.19. The van der Waals surface area contributed by atoms with Gasteiger partial charge in [-0.3, -0.25) is 4.79 Å². The van der Waals surface area contributed by atoms with E-state index in [0.29, 0.717) is 5.76 Å². The predicted octanol–water partition coefficient (Wildman–Crippen LogP) is 4.67. The summed E-state index contributed by atoms with van der Waals surface area (Å²) in [5.74, 6) is 2.01. The molecule has 144 valence electrons. The van der Waals surface area contributed by atoms with Gasteiger partial charge in [-0.1, -0.05) is 22.1 Å². The second kappa shape index (κ2) is 7.76. The first-order valence-electron chi connectivity index (χ1n) is 8.65. The molecule has 3 heterocycles. The Morgan fingerprint density at radius 2 is 2.04 bits per heavy atom. The second-order valence-corrected chi connectivity index (χ2v) is 8.67. The van der Waals surface area contributed by atoms with Gasteiger partial charge >= 0.3 is 0 Å². The van der Waals surface area contributed by atoms with Crippen molar-refractivity contribution in [1.82, 2.24) is 15.3 Å². The Morgan fingerprint density at radius 3 is 2.75 bits per heavy atom. The molecule has 1 amide bonds. The van der Waals surface area contributed by atoms with Crippen LogP contribution in [0.4, 0.5) is 5.69 Å². The van der Waals surface area contributed by atoms with E-state index in [1.165, 1.54) is 0 Å². The van der Waals surface area contributed by atoms with Crippen molar-refractivity contribution in [3.05, 3.63) is 52.7 Å². The van der Waals surface area contributed by atoms with Crippen LogP contribution in [-0.2, 0) is 17.0 Å². The molecule has 0 aliphatic heterocycles. The Morgan fingerprint density at radius 1 is 1.18 bits per heavy atom. The third-order valence-corrected chi connectivity index (χ3v) is 6.37. The number of carbonyl (C=O) groups is 1. The van der Waals surface area contributed by atoms with E-state index in [-0.39, 0.29) is 12.3 Å². The number of carbonyl (C=O) groups excluding carboxylic acids is 1. The maximum absolute atomic E-state index is 12.2. The molecular weight excluding hydrogens is 396 g/mol. The standard InChI is InChI=1S/C19H18N4O3S2/c1-10-6-14(26-22-10)8-18(24)20-13-4-5-16-17(7-13)28-19(21-16)27-9-15-11(2)23-25-12(15)3/h4-7H,8-9H2,1-3H3,(H,20,24). The molecule has 0 fully saturated rings. The molecule has 0 radical (unpaired) electrons. The second-order valence-electron chi connectivity index (χ2n) is 6.41. The quantitative estimate of drug-likeness (QED) is 0.458. The van der Waals surface area contributed by atoms with E-state index >= 15 is 0 Å². The number of rotatable bonds is 6. The lowest BCUT2D eigenvalue weighted by atomic mass is 10.2. The van der Waals surface area contributed by atoms with Crippen LogP contribution >= 0.6 is 23.1 Å². The summed E-state index contributed by atoms with van der Waals surface area (Å²) in [7, 11) is 0. The van der Waals surface area contributed by atoms with Crippen LogP contribution in [0.15, 0.2) is 37.7 Å². The van der Waals surface area contributed by atoms with Crippen LogP contribution in [0.2, 0.25) is 0 Å². The number of amides is 1. The Kier molecular flexibility index (Phi) is 5.19. The van der Waals surface area contributed by atoms with Crippen LogP contribution in [-0.4, -0.2) is 21.2 Å². The van der Waals surface area contributed by atoms with Crippen molar-refractivity contribution >= 4 is 44.9 Å². The van der Waals surface area contributed by atoms with E-state index in [9.17, 15) is 4.79 Å². The van der Waals surface area contributed by atoms with Crippen LogP contribution < -0.4 is 5.32 Å². The minimum absolute atomic E-state index is 0.145. The van der Waals surface area contributed by atoms with E-state index in [0.717, 1.165) is 48.7 Å². The highest BCUT2D eigenvalue weighted by atomic mass is 32.2. The van der Waals surface area contributed by atoms with Gasteiger partial charge in [-0.2, -0.15) is 0 Å². The highest BCUT2D eigenvalue weighted by Crippen LogP contribution is 2.34. The monoisotopic (exact) mass is 414 g/mol. The number of benzene rings is 1. The number of anilines is 1. The molecule has 1 aromatic carbocycles. The van der Waals surface area contributed by atoms with E-state index < -0.39 is 0 Å². The lowest BCUT2D eigenvalue weighted by Gasteiger charge is -2.03. The molecule has 0 unspecified atom stereocenters. The molecular formula is C19H18N4O3S2.